The lowest BCUT2D eigenvalue weighted by Gasteiger charge is -2.42. The Morgan fingerprint density at radius 3 is 2.11 bits per heavy atom. The van der Waals surface area contributed by atoms with Crippen molar-refractivity contribution in [3.8, 4) is 11.5 Å². The van der Waals surface area contributed by atoms with Gasteiger partial charge in [-0.1, -0.05) is 44.2 Å². The number of carbonyl (C=O) groups excluding carboxylic acids is 3. The first-order chi connectivity index (χ1) is 21.1. The number of hydrogen-bond acceptors (Lipinski definition) is 7. The average Bonchev–Trinajstić information content (AvgIpc) is 3.02. The number of nitrogens with zero attached hydrogens (tertiary/aromatic N) is 1. The van der Waals surface area contributed by atoms with Gasteiger partial charge in [0.25, 0.3) is 0 Å². The maximum Gasteiger partial charge on any atom is 0.249 e. The van der Waals surface area contributed by atoms with E-state index in [1.807, 2.05) is 56.3 Å². The SMILES string of the molecule is CCCN(CCC)C(=O)C1=CC(C(N)=O)=CC(C(N)=O)([C@H](Cc2cccc(OC)c2)[C@@H](O)CNCc2cccc(OC)c2)C1. The third-order valence-corrected chi connectivity index (χ3v) is 8.05. The summed E-state index contributed by atoms with van der Waals surface area (Å²) in [7, 11) is 3.15. The Bertz CT molecular complexity index is 1370. The molecule has 10 nitrogen and oxygen atoms in total. The Morgan fingerprint density at radius 2 is 1.57 bits per heavy atom. The smallest absolute Gasteiger partial charge is 0.249 e. The summed E-state index contributed by atoms with van der Waals surface area (Å²) in [6.45, 7) is 5.53. The molecule has 44 heavy (non-hydrogen) atoms. The van der Waals surface area contributed by atoms with Crippen molar-refractivity contribution in [2.24, 2.45) is 22.8 Å². The zero-order chi connectivity index (χ0) is 32.3. The van der Waals surface area contributed by atoms with Crippen molar-refractivity contribution >= 4 is 17.7 Å². The second-order valence-corrected chi connectivity index (χ2v) is 11.2. The number of aliphatic hydroxyl groups is 1. The van der Waals surface area contributed by atoms with Gasteiger partial charge in [-0.3, -0.25) is 14.4 Å². The van der Waals surface area contributed by atoms with Crippen molar-refractivity contribution in [3.05, 3.63) is 83.0 Å². The number of amides is 3. The molecule has 0 aromatic heterocycles. The van der Waals surface area contributed by atoms with Gasteiger partial charge in [0.05, 0.1) is 25.7 Å². The molecule has 1 aliphatic carbocycles. The second-order valence-electron chi connectivity index (χ2n) is 11.2. The molecule has 0 fully saturated rings. The summed E-state index contributed by atoms with van der Waals surface area (Å²) in [5.74, 6) is -1.33. The van der Waals surface area contributed by atoms with E-state index in [0.29, 0.717) is 31.1 Å². The van der Waals surface area contributed by atoms with Crippen LogP contribution in [0.3, 0.4) is 0 Å². The van der Waals surface area contributed by atoms with Gasteiger partial charge in [0, 0.05) is 43.2 Å². The standard InChI is InChI=1S/C34H46N4O6/c1-5-13-38(14-6-2)32(41)26-18-25(31(35)40)19-34(20-26,33(36)42)29(17-23-9-7-11-27(15-23)43-3)30(39)22-37-21-24-10-8-12-28(16-24)44-4/h7-12,15-16,18-19,29-30,37,39H,5-6,13-14,17,20-22H2,1-4H3,(H2,35,40)(H2,36,42)/t29-,30+,34?/m1/s1. The van der Waals surface area contributed by atoms with Crippen LogP contribution in [-0.4, -0.2) is 67.7 Å². The van der Waals surface area contributed by atoms with Gasteiger partial charge in [0.2, 0.25) is 17.7 Å². The number of methoxy groups -OCH3 is 2. The molecule has 6 N–H and O–H groups in total. The van der Waals surface area contributed by atoms with Crippen molar-refractivity contribution < 1.29 is 29.0 Å². The molecule has 3 atom stereocenters. The van der Waals surface area contributed by atoms with Crippen LogP contribution in [0.1, 0.15) is 44.2 Å². The lowest BCUT2D eigenvalue weighted by atomic mass is 9.63. The molecule has 10 heteroatoms. The third kappa shape index (κ3) is 8.48. The fourth-order valence-corrected chi connectivity index (χ4v) is 5.84. The van der Waals surface area contributed by atoms with E-state index in [0.717, 1.165) is 24.0 Å². The third-order valence-electron chi connectivity index (χ3n) is 8.05. The predicted molar refractivity (Wildman–Crippen MR) is 170 cm³/mol. The molecule has 3 amide bonds. The highest BCUT2D eigenvalue weighted by Crippen LogP contribution is 2.44. The molecule has 0 aliphatic heterocycles. The molecular formula is C34H46N4O6. The Labute approximate surface area is 260 Å². The Hall–Kier alpha value is -4.15. The number of benzene rings is 2. The monoisotopic (exact) mass is 606 g/mol. The number of primary amides is 2. The quantitative estimate of drug-likeness (QED) is 0.216. The highest BCUT2D eigenvalue weighted by Gasteiger charge is 2.49. The molecule has 1 unspecified atom stereocenters. The van der Waals surface area contributed by atoms with Crippen LogP contribution in [0.25, 0.3) is 0 Å². The molecule has 0 radical (unpaired) electrons. The van der Waals surface area contributed by atoms with Gasteiger partial charge in [-0.15, -0.1) is 0 Å². The fraction of sp³-hybridized carbons (Fsp3) is 0.441. The highest BCUT2D eigenvalue weighted by molar-refractivity contribution is 6.03. The van der Waals surface area contributed by atoms with Gasteiger partial charge in [-0.25, -0.2) is 0 Å². The van der Waals surface area contributed by atoms with Gasteiger partial charge >= 0.3 is 0 Å². The van der Waals surface area contributed by atoms with Crippen LogP contribution in [-0.2, 0) is 27.3 Å². The number of rotatable bonds is 17. The first-order valence-electron chi connectivity index (χ1n) is 15.1. The second kappa shape index (κ2) is 16.1. The minimum absolute atomic E-state index is 0.0125. The highest BCUT2D eigenvalue weighted by atomic mass is 16.5. The van der Waals surface area contributed by atoms with E-state index < -0.39 is 29.3 Å². The average molecular weight is 607 g/mol. The first kappa shape index (κ1) is 34.3. The van der Waals surface area contributed by atoms with E-state index in [2.05, 4.69) is 5.32 Å². The van der Waals surface area contributed by atoms with Crippen molar-refractivity contribution in [1.29, 1.82) is 0 Å². The molecule has 0 saturated carbocycles. The Kier molecular flexibility index (Phi) is 12.5. The first-order valence-corrected chi connectivity index (χ1v) is 15.1. The van der Waals surface area contributed by atoms with Gasteiger partial charge < -0.3 is 36.3 Å². The summed E-state index contributed by atoms with van der Waals surface area (Å²) >= 11 is 0. The summed E-state index contributed by atoms with van der Waals surface area (Å²) < 4.78 is 10.7. The Balaban J connectivity index is 2.05. The molecule has 0 heterocycles. The Morgan fingerprint density at radius 1 is 0.977 bits per heavy atom. The molecule has 3 rings (SSSR count). The summed E-state index contributed by atoms with van der Waals surface area (Å²) in [4.78, 5) is 41.7. The van der Waals surface area contributed by atoms with Gasteiger partial charge in [-0.2, -0.15) is 0 Å². The van der Waals surface area contributed by atoms with Crippen molar-refractivity contribution in [1.82, 2.24) is 10.2 Å². The maximum absolute atomic E-state index is 13.8. The minimum Gasteiger partial charge on any atom is -0.497 e. The maximum atomic E-state index is 13.8. The van der Waals surface area contributed by atoms with Crippen molar-refractivity contribution in [2.75, 3.05) is 33.9 Å². The van der Waals surface area contributed by atoms with Gasteiger partial charge in [0.1, 0.15) is 11.5 Å². The van der Waals surface area contributed by atoms with E-state index in [-0.39, 0.29) is 36.4 Å². The summed E-state index contributed by atoms with van der Waals surface area (Å²) in [5.41, 5.74) is 12.3. The van der Waals surface area contributed by atoms with E-state index in [1.54, 1.807) is 25.2 Å². The lowest BCUT2D eigenvalue weighted by Crippen LogP contribution is -2.52. The summed E-state index contributed by atoms with van der Waals surface area (Å²) in [6.07, 6.45) is 3.42. The largest absolute Gasteiger partial charge is 0.497 e. The van der Waals surface area contributed by atoms with E-state index in [9.17, 15) is 19.5 Å². The molecule has 1 aliphatic rings. The molecular weight excluding hydrogens is 560 g/mol. The fourth-order valence-electron chi connectivity index (χ4n) is 5.84. The van der Waals surface area contributed by atoms with Gasteiger partial charge in [0.15, 0.2) is 0 Å². The topological polar surface area (TPSA) is 157 Å². The van der Waals surface area contributed by atoms with Crippen LogP contribution >= 0.6 is 0 Å². The van der Waals surface area contributed by atoms with Crippen LogP contribution in [0.4, 0.5) is 0 Å². The number of nitrogens with two attached hydrogens (primary N) is 2. The van der Waals surface area contributed by atoms with E-state index >= 15 is 0 Å². The van der Waals surface area contributed by atoms with Crippen LogP contribution in [0.2, 0.25) is 0 Å². The molecule has 238 valence electrons. The van der Waals surface area contributed by atoms with Crippen LogP contribution in [0.15, 0.2) is 71.8 Å². The number of nitrogens with one attached hydrogen (secondary N) is 1. The normalized spacial score (nSPS) is 17.6. The van der Waals surface area contributed by atoms with Crippen LogP contribution < -0.4 is 26.3 Å². The lowest BCUT2D eigenvalue weighted by molar-refractivity contribution is -0.132. The molecule has 0 spiro atoms. The van der Waals surface area contributed by atoms with Crippen molar-refractivity contribution in [3.63, 3.8) is 0 Å². The van der Waals surface area contributed by atoms with Crippen LogP contribution in [0.5, 0.6) is 11.5 Å². The van der Waals surface area contributed by atoms with Gasteiger partial charge in [-0.05, 0) is 67.2 Å². The minimum atomic E-state index is -1.59. The van der Waals surface area contributed by atoms with Crippen molar-refractivity contribution in [2.45, 2.75) is 52.2 Å². The number of aliphatic hydroxyl groups excluding tert-OH is 1. The van der Waals surface area contributed by atoms with Crippen LogP contribution in [0, 0.1) is 11.3 Å². The molecule has 0 bridgehead atoms. The summed E-state index contributed by atoms with van der Waals surface area (Å²) in [6, 6.07) is 14.9. The zero-order valence-corrected chi connectivity index (χ0v) is 26.2. The number of hydrogen-bond donors (Lipinski definition) is 4. The van der Waals surface area contributed by atoms with E-state index in [1.165, 1.54) is 12.2 Å². The summed E-state index contributed by atoms with van der Waals surface area (Å²) in [5, 5.41) is 15.1. The molecule has 0 saturated heterocycles. The van der Waals surface area contributed by atoms with E-state index in [4.69, 9.17) is 20.9 Å². The number of ether oxygens (including phenoxy) is 2. The predicted octanol–water partition coefficient (Wildman–Crippen LogP) is 2.88. The molecule has 2 aromatic rings. The molecule has 2 aromatic carbocycles. The zero-order valence-electron chi connectivity index (χ0n) is 26.2. The number of carbonyl (C=O) groups is 3.